The van der Waals surface area contributed by atoms with Crippen LogP contribution in [0.1, 0.15) is 22.8 Å². The molecule has 0 spiro atoms. The molecule has 0 bridgehead atoms. The van der Waals surface area contributed by atoms with Crippen molar-refractivity contribution in [2.45, 2.75) is 18.7 Å². The van der Waals surface area contributed by atoms with Crippen molar-refractivity contribution < 1.29 is 22.7 Å². The normalized spacial score (nSPS) is 11.5. The summed E-state index contributed by atoms with van der Waals surface area (Å²) in [5.41, 5.74) is 3.34. The maximum Gasteiger partial charge on any atom is 0.335 e. The second kappa shape index (κ2) is 7.88. The van der Waals surface area contributed by atoms with Gasteiger partial charge in [-0.15, -0.1) is 0 Å². The van der Waals surface area contributed by atoms with Crippen molar-refractivity contribution in [3.63, 3.8) is 0 Å². The van der Waals surface area contributed by atoms with E-state index in [-0.39, 0.29) is 23.0 Å². The van der Waals surface area contributed by atoms with Crippen LogP contribution in [0.4, 0.5) is 6.01 Å². The van der Waals surface area contributed by atoms with Crippen LogP contribution in [0.5, 0.6) is 0 Å². The van der Waals surface area contributed by atoms with E-state index in [1.54, 1.807) is 19.9 Å². The van der Waals surface area contributed by atoms with Crippen LogP contribution in [0.25, 0.3) is 22.2 Å². The zero-order chi connectivity index (χ0) is 22.2. The smallest absolute Gasteiger partial charge is 0.335 e. The number of aryl methyl sites for hydroxylation is 1. The van der Waals surface area contributed by atoms with Crippen molar-refractivity contribution in [1.29, 1.82) is 0 Å². The van der Waals surface area contributed by atoms with Crippen LogP contribution in [0.3, 0.4) is 0 Å². The molecule has 0 aliphatic rings. The highest BCUT2D eigenvalue weighted by Crippen LogP contribution is 2.30. The number of hydrogen-bond donors (Lipinski definition) is 1. The van der Waals surface area contributed by atoms with Crippen molar-refractivity contribution in [2.75, 3.05) is 10.8 Å². The van der Waals surface area contributed by atoms with Gasteiger partial charge in [0.2, 0.25) is 0 Å². The minimum atomic E-state index is -4.07. The molecule has 0 aliphatic heterocycles. The molecule has 0 amide bonds. The summed E-state index contributed by atoms with van der Waals surface area (Å²) in [5.74, 6) is -1.19. The van der Waals surface area contributed by atoms with E-state index < -0.39 is 16.0 Å². The maximum absolute atomic E-state index is 13.2. The fraction of sp³-hybridized carbons (Fsp3) is 0.130. The third-order valence-electron chi connectivity index (χ3n) is 5.01. The minimum absolute atomic E-state index is 0.0664. The van der Waals surface area contributed by atoms with Gasteiger partial charge >= 0.3 is 12.0 Å². The van der Waals surface area contributed by atoms with E-state index >= 15 is 0 Å². The van der Waals surface area contributed by atoms with E-state index in [0.29, 0.717) is 16.7 Å². The fourth-order valence-electron chi connectivity index (χ4n) is 3.36. The number of aromatic carboxylic acids is 1. The maximum atomic E-state index is 13.2. The Kier molecular flexibility index (Phi) is 5.24. The Bertz CT molecular complexity index is 1380. The highest BCUT2D eigenvalue weighted by molar-refractivity contribution is 7.92. The van der Waals surface area contributed by atoms with Gasteiger partial charge < -0.3 is 9.52 Å². The van der Waals surface area contributed by atoms with E-state index in [0.717, 1.165) is 21.5 Å². The van der Waals surface area contributed by atoms with E-state index in [9.17, 15) is 18.3 Å². The molecule has 1 N–H and O–H groups in total. The molecule has 0 unspecified atom stereocenters. The molecule has 7 nitrogen and oxygen atoms in total. The lowest BCUT2D eigenvalue weighted by Gasteiger charge is -2.19. The Hall–Kier alpha value is -3.65. The Balaban J connectivity index is 1.76. The first-order valence-corrected chi connectivity index (χ1v) is 11.1. The molecule has 3 aromatic carbocycles. The first kappa shape index (κ1) is 20.6. The summed E-state index contributed by atoms with van der Waals surface area (Å²) in [6.45, 7) is 3.34. The molecule has 0 radical (unpaired) electrons. The van der Waals surface area contributed by atoms with Crippen LogP contribution < -0.4 is 4.31 Å². The molecule has 0 fully saturated rings. The van der Waals surface area contributed by atoms with Crippen LogP contribution >= 0.6 is 0 Å². The lowest BCUT2D eigenvalue weighted by molar-refractivity contribution is 0.0696. The van der Waals surface area contributed by atoms with E-state index in [2.05, 4.69) is 4.98 Å². The highest BCUT2D eigenvalue weighted by Gasteiger charge is 2.29. The number of carbonyl (C=O) groups is 1. The van der Waals surface area contributed by atoms with E-state index in [4.69, 9.17) is 4.42 Å². The zero-order valence-corrected chi connectivity index (χ0v) is 17.8. The number of oxazole rings is 1. The number of anilines is 1. The SMILES string of the molecule is CCN(c1nc2cc(-c3ccccc3)ccc2o1)S(=O)(=O)c1ccc(C)c(C(=O)O)c1. The molecule has 8 heteroatoms. The average Bonchev–Trinajstić information content (AvgIpc) is 3.17. The van der Waals surface area contributed by atoms with Crippen molar-refractivity contribution >= 4 is 33.1 Å². The van der Waals surface area contributed by atoms with Crippen LogP contribution in [0.15, 0.2) is 76.0 Å². The number of aromatic nitrogens is 1. The Morgan fingerprint density at radius 2 is 1.77 bits per heavy atom. The molecule has 31 heavy (non-hydrogen) atoms. The predicted octanol–water partition coefficient (Wildman–Crippen LogP) is 4.72. The summed E-state index contributed by atoms with van der Waals surface area (Å²) in [6, 6.07) is 19.2. The fourth-order valence-corrected chi connectivity index (χ4v) is 4.74. The Morgan fingerprint density at radius 3 is 2.45 bits per heavy atom. The van der Waals surface area contributed by atoms with Gasteiger partial charge in [0.1, 0.15) is 5.52 Å². The van der Waals surface area contributed by atoms with Crippen molar-refractivity contribution in [3.05, 3.63) is 77.9 Å². The molecule has 158 valence electrons. The highest BCUT2D eigenvalue weighted by atomic mass is 32.2. The number of benzene rings is 3. The van der Waals surface area contributed by atoms with Crippen LogP contribution in [0, 0.1) is 6.92 Å². The van der Waals surface area contributed by atoms with Gasteiger partial charge in [0, 0.05) is 6.54 Å². The van der Waals surface area contributed by atoms with E-state index in [1.807, 2.05) is 42.5 Å². The molecule has 1 aromatic heterocycles. The van der Waals surface area contributed by atoms with Gasteiger partial charge in [-0.05, 0) is 54.8 Å². The third kappa shape index (κ3) is 3.77. The number of hydrogen-bond acceptors (Lipinski definition) is 5. The van der Waals surface area contributed by atoms with Gasteiger partial charge in [0.05, 0.1) is 10.5 Å². The van der Waals surface area contributed by atoms with Crippen molar-refractivity contribution in [2.24, 2.45) is 0 Å². The van der Waals surface area contributed by atoms with E-state index in [1.165, 1.54) is 12.1 Å². The molecule has 0 aliphatic carbocycles. The Morgan fingerprint density at radius 1 is 1.03 bits per heavy atom. The molecular weight excluding hydrogens is 416 g/mol. The van der Waals surface area contributed by atoms with Gasteiger partial charge in [-0.2, -0.15) is 4.98 Å². The zero-order valence-electron chi connectivity index (χ0n) is 16.9. The number of nitrogens with zero attached hydrogens (tertiary/aromatic N) is 2. The van der Waals surface area contributed by atoms with Crippen molar-refractivity contribution in [1.82, 2.24) is 4.98 Å². The molecular formula is C23H20N2O5S. The molecule has 0 atom stereocenters. The number of carboxylic acids is 1. The Labute approximate surface area is 179 Å². The first-order chi connectivity index (χ1) is 14.8. The van der Waals surface area contributed by atoms with Gasteiger partial charge in [-0.25, -0.2) is 17.5 Å². The summed E-state index contributed by atoms with van der Waals surface area (Å²) < 4.78 is 33.3. The molecule has 4 aromatic rings. The van der Waals surface area contributed by atoms with Gasteiger partial charge in [0.25, 0.3) is 10.0 Å². The average molecular weight is 436 g/mol. The third-order valence-corrected chi connectivity index (χ3v) is 6.86. The molecule has 4 rings (SSSR count). The summed E-state index contributed by atoms with van der Waals surface area (Å²) in [5, 5.41) is 9.34. The minimum Gasteiger partial charge on any atom is -0.478 e. The second-order valence-corrected chi connectivity index (χ2v) is 8.86. The number of rotatable bonds is 6. The van der Waals surface area contributed by atoms with Crippen LogP contribution in [-0.2, 0) is 10.0 Å². The number of carboxylic acid groups (broad SMARTS) is 1. The lowest BCUT2D eigenvalue weighted by Crippen LogP contribution is -2.31. The molecule has 0 saturated heterocycles. The predicted molar refractivity (Wildman–Crippen MR) is 118 cm³/mol. The monoisotopic (exact) mass is 436 g/mol. The van der Waals surface area contributed by atoms with Gasteiger partial charge in [-0.3, -0.25) is 0 Å². The van der Waals surface area contributed by atoms with Gasteiger partial charge in [-0.1, -0.05) is 42.5 Å². The topological polar surface area (TPSA) is 101 Å². The summed E-state index contributed by atoms with van der Waals surface area (Å²) in [6.07, 6.45) is 0. The molecule has 0 saturated carbocycles. The van der Waals surface area contributed by atoms with Crippen molar-refractivity contribution in [3.8, 4) is 11.1 Å². The van der Waals surface area contributed by atoms with Crippen LogP contribution in [-0.4, -0.2) is 31.0 Å². The lowest BCUT2D eigenvalue weighted by atomic mass is 10.1. The van der Waals surface area contributed by atoms with Gasteiger partial charge in [0.15, 0.2) is 5.58 Å². The quantitative estimate of drug-likeness (QED) is 0.469. The first-order valence-electron chi connectivity index (χ1n) is 9.64. The summed E-state index contributed by atoms with van der Waals surface area (Å²) in [4.78, 5) is 15.7. The second-order valence-electron chi connectivity index (χ2n) is 7.00. The number of fused-ring (bicyclic) bond motifs is 1. The van der Waals surface area contributed by atoms with Crippen LogP contribution in [0.2, 0.25) is 0 Å². The number of sulfonamides is 1. The largest absolute Gasteiger partial charge is 0.478 e. The standard InChI is InChI=1S/C23H20N2O5S/c1-3-25(31(28,29)18-11-9-15(2)19(14-18)22(26)27)23-24-20-13-17(10-12-21(20)30-23)16-7-5-4-6-8-16/h4-14H,3H2,1-2H3,(H,26,27). The molecule has 1 heterocycles. The summed E-state index contributed by atoms with van der Waals surface area (Å²) >= 11 is 0. The summed E-state index contributed by atoms with van der Waals surface area (Å²) in [7, 11) is -4.07.